The summed E-state index contributed by atoms with van der Waals surface area (Å²) in [5, 5.41) is 1.93. The van der Waals surface area contributed by atoms with E-state index in [0.717, 1.165) is 15.4 Å². The molecule has 0 fully saturated rings. The molecule has 6 heteroatoms. The maximum atomic E-state index is 6.20. The predicted octanol–water partition coefficient (Wildman–Crippen LogP) is 4.95. The standard InChI is InChI=1S/C14H8BrCl2N3/c15-7-1-4-11(17)10(5-7)14-19-12-6-8(16)2-3-9(12)13(18)20-14/h1-6H,(H2,18,19,20). The summed E-state index contributed by atoms with van der Waals surface area (Å²) in [5.41, 5.74) is 7.39. The van der Waals surface area contributed by atoms with Crippen molar-refractivity contribution in [3.8, 4) is 11.4 Å². The first kappa shape index (κ1) is 13.6. The second-order valence-corrected chi connectivity index (χ2v) is 5.98. The van der Waals surface area contributed by atoms with Crippen molar-refractivity contribution in [2.75, 3.05) is 5.73 Å². The van der Waals surface area contributed by atoms with Crippen LogP contribution >= 0.6 is 39.1 Å². The number of fused-ring (bicyclic) bond motifs is 1. The molecule has 0 unspecified atom stereocenters. The zero-order valence-corrected chi connectivity index (χ0v) is 13.2. The number of hydrogen-bond acceptors (Lipinski definition) is 3. The van der Waals surface area contributed by atoms with Gasteiger partial charge in [0.15, 0.2) is 5.82 Å². The molecule has 3 aromatic rings. The average molecular weight is 369 g/mol. The van der Waals surface area contributed by atoms with E-state index in [-0.39, 0.29) is 0 Å². The van der Waals surface area contributed by atoms with Crippen molar-refractivity contribution >= 4 is 55.9 Å². The maximum Gasteiger partial charge on any atom is 0.163 e. The third-order valence-electron chi connectivity index (χ3n) is 2.86. The molecule has 0 radical (unpaired) electrons. The normalized spacial score (nSPS) is 10.9. The van der Waals surface area contributed by atoms with Gasteiger partial charge in [-0.2, -0.15) is 0 Å². The van der Waals surface area contributed by atoms with E-state index in [1.165, 1.54) is 0 Å². The largest absolute Gasteiger partial charge is 0.383 e. The molecular formula is C14H8BrCl2N3. The quantitative estimate of drug-likeness (QED) is 0.661. The molecule has 0 aliphatic heterocycles. The third-order valence-corrected chi connectivity index (χ3v) is 3.92. The molecule has 20 heavy (non-hydrogen) atoms. The van der Waals surface area contributed by atoms with Gasteiger partial charge in [-0.15, -0.1) is 0 Å². The zero-order valence-electron chi connectivity index (χ0n) is 10.1. The second-order valence-electron chi connectivity index (χ2n) is 4.22. The lowest BCUT2D eigenvalue weighted by Gasteiger charge is -2.07. The highest BCUT2D eigenvalue weighted by molar-refractivity contribution is 9.10. The highest BCUT2D eigenvalue weighted by Crippen LogP contribution is 2.31. The van der Waals surface area contributed by atoms with Crippen LogP contribution in [0, 0.1) is 0 Å². The smallest absolute Gasteiger partial charge is 0.163 e. The van der Waals surface area contributed by atoms with Crippen molar-refractivity contribution in [3.05, 3.63) is 50.9 Å². The number of nitrogens with two attached hydrogens (primary N) is 1. The number of anilines is 1. The summed E-state index contributed by atoms with van der Waals surface area (Å²) in [6.45, 7) is 0. The van der Waals surface area contributed by atoms with Crippen LogP contribution in [0.3, 0.4) is 0 Å². The van der Waals surface area contributed by atoms with E-state index in [9.17, 15) is 0 Å². The van der Waals surface area contributed by atoms with Gasteiger partial charge in [0.1, 0.15) is 5.82 Å². The van der Waals surface area contributed by atoms with Gasteiger partial charge in [0.05, 0.1) is 10.5 Å². The van der Waals surface area contributed by atoms with Gasteiger partial charge in [-0.25, -0.2) is 9.97 Å². The Kier molecular flexibility index (Phi) is 3.54. The maximum absolute atomic E-state index is 6.20. The number of benzene rings is 2. The lowest BCUT2D eigenvalue weighted by atomic mass is 10.2. The highest BCUT2D eigenvalue weighted by Gasteiger charge is 2.11. The first-order chi connectivity index (χ1) is 9.54. The highest BCUT2D eigenvalue weighted by atomic mass is 79.9. The molecule has 100 valence electrons. The van der Waals surface area contributed by atoms with Gasteiger partial charge >= 0.3 is 0 Å². The van der Waals surface area contributed by atoms with E-state index in [1.54, 1.807) is 24.3 Å². The zero-order chi connectivity index (χ0) is 14.3. The van der Waals surface area contributed by atoms with Crippen molar-refractivity contribution in [2.45, 2.75) is 0 Å². The van der Waals surface area contributed by atoms with Crippen LogP contribution in [0.4, 0.5) is 5.82 Å². The first-order valence-electron chi connectivity index (χ1n) is 5.73. The minimum absolute atomic E-state index is 0.401. The van der Waals surface area contributed by atoms with Crippen LogP contribution in [0.1, 0.15) is 0 Å². The Morgan fingerprint density at radius 3 is 2.60 bits per heavy atom. The van der Waals surface area contributed by atoms with Crippen LogP contribution in [0.5, 0.6) is 0 Å². The first-order valence-corrected chi connectivity index (χ1v) is 7.28. The minimum Gasteiger partial charge on any atom is -0.383 e. The van der Waals surface area contributed by atoms with Gasteiger partial charge < -0.3 is 5.73 Å². The monoisotopic (exact) mass is 367 g/mol. The lowest BCUT2D eigenvalue weighted by Crippen LogP contribution is -1.98. The molecule has 0 saturated carbocycles. The molecule has 0 atom stereocenters. The Morgan fingerprint density at radius 2 is 1.80 bits per heavy atom. The number of aromatic nitrogens is 2. The second kappa shape index (κ2) is 5.20. The van der Waals surface area contributed by atoms with Crippen molar-refractivity contribution < 1.29 is 0 Å². The molecule has 3 rings (SSSR count). The van der Waals surface area contributed by atoms with Gasteiger partial charge in [-0.1, -0.05) is 39.1 Å². The minimum atomic E-state index is 0.401. The molecule has 1 aromatic heterocycles. The Labute approximate surface area is 133 Å². The average Bonchev–Trinajstić information content (AvgIpc) is 2.41. The van der Waals surface area contributed by atoms with E-state index in [4.69, 9.17) is 28.9 Å². The Bertz CT molecular complexity index is 821. The summed E-state index contributed by atoms with van der Waals surface area (Å²) in [4.78, 5) is 8.81. The predicted molar refractivity (Wildman–Crippen MR) is 87.1 cm³/mol. The van der Waals surface area contributed by atoms with Crippen LogP contribution in [-0.4, -0.2) is 9.97 Å². The summed E-state index contributed by atoms with van der Waals surface area (Å²) in [5.74, 6) is 0.876. The molecule has 1 heterocycles. The molecule has 2 aromatic carbocycles. The van der Waals surface area contributed by atoms with E-state index in [1.807, 2.05) is 12.1 Å². The van der Waals surface area contributed by atoms with E-state index in [0.29, 0.717) is 27.2 Å². The molecule has 0 amide bonds. The third kappa shape index (κ3) is 2.46. The van der Waals surface area contributed by atoms with E-state index >= 15 is 0 Å². The summed E-state index contributed by atoms with van der Waals surface area (Å²) in [6.07, 6.45) is 0. The SMILES string of the molecule is Nc1nc(-c2cc(Br)ccc2Cl)nc2cc(Cl)ccc12. The van der Waals surface area contributed by atoms with Crippen molar-refractivity contribution in [3.63, 3.8) is 0 Å². The van der Waals surface area contributed by atoms with Crippen LogP contribution < -0.4 is 5.73 Å². The van der Waals surface area contributed by atoms with Gasteiger partial charge in [0, 0.05) is 20.4 Å². The van der Waals surface area contributed by atoms with E-state index < -0.39 is 0 Å². The van der Waals surface area contributed by atoms with Gasteiger partial charge in [-0.05, 0) is 36.4 Å². The topological polar surface area (TPSA) is 51.8 Å². The van der Waals surface area contributed by atoms with Crippen LogP contribution in [-0.2, 0) is 0 Å². The molecule has 0 saturated heterocycles. The molecular weight excluding hydrogens is 361 g/mol. The molecule has 0 aliphatic rings. The molecule has 3 nitrogen and oxygen atoms in total. The lowest BCUT2D eigenvalue weighted by molar-refractivity contribution is 1.23. The summed E-state index contributed by atoms with van der Waals surface area (Å²) < 4.78 is 0.894. The Hall–Kier alpha value is -1.36. The Balaban J connectivity index is 2.29. The Morgan fingerprint density at radius 1 is 1.00 bits per heavy atom. The fourth-order valence-electron chi connectivity index (χ4n) is 1.92. The molecule has 0 bridgehead atoms. The van der Waals surface area contributed by atoms with Gasteiger partial charge in [0.25, 0.3) is 0 Å². The number of hydrogen-bond donors (Lipinski definition) is 1. The molecule has 2 N–H and O–H groups in total. The summed E-state index contributed by atoms with van der Waals surface area (Å²) in [7, 11) is 0. The fraction of sp³-hybridized carbons (Fsp3) is 0. The number of rotatable bonds is 1. The number of halogens is 3. The number of nitrogens with zero attached hydrogens (tertiary/aromatic N) is 2. The van der Waals surface area contributed by atoms with Crippen LogP contribution in [0.25, 0.3) is 22.3 Å². The van der Waals surface area contributed by atoms with Crippen molar-refractivity contribution in [1.82, 2.24) is 9.97 Å². The molecule has 0 aliphatic carbocycles. The van der Waals surface area contributed by atoms with Crippen molar-refractivity contribution in [2.24, 2.45) is 0 Å². The summed E-state index contributed by atoms with van der Waals surface area (Å²) >= 11 is 15.6. The number of nitrogen functional groups attached to an aromatic ring is 1. The van der Waals surface area contributed by atoms with E-state index in [2.05, 4.69) is 25.9 Å². The molecule has 0 spiro atoms. The fourth-order valence-corrected chi connectivity index (χ4v) is 2.65. The van der Waals surface area contributed by atoms with Gasteiger partial charge in [-0.3, -0.25) is 0 Å². The van der Waals surface area contributed by atoms with Crippen molar-refractivity contribution in [1.29, 1.82) is 0 Å². The van der Waals surface area contributed by atoms with Gasteiger partial charge in [0.2, 0.25) is 0 Å². The van der Waals surface area contributed by atoms with Crippen LogP contribution in [0.15, 0.2) is 40.9 Å². The van der Waals surface area contributed by atoms with Crippen LogP contribution in [0.2, 0.25) is 10.0 Å². The summed E-state index contributed by atoms with van der Waals surface area (Å²) in [6, 6.07) is 10.8.